The van der Waals surface area contributed by atoms with Crippen molar-refractivity contribution in [2.24, 2.45) is 0 Å². The van der Waals surface area contributed by atoms with Gasteiger partial charge in [0, 0.05) is 16.9 Å². The molecular weight excluding hydrogens is 291 g/mol. The van der Waals surface area contributed by atoms with E-state index in [1.54, 1.807) is 29.5 Å². The quantitative estimate of drug-likeness (QED) is 0.911. The average molecular weight is 301 g/mol. The summed E-state index contributed by atoms with van der Waals surface area (Å²) in [6.07, 6.45) is -0.344. The molecule has 0 bridgehead atoms. The van der Waals surface area contributed by atoms with E-state index in [9.17, 15) is 9.50 Å². The van der Waals surface area contributed by atoms with Crippen LogP contribution in [0.4, 0.5) is 4.39 Å². The Morgan fingerprint density at radius 3 is 2.62 bits per heavy atom. The van der Waals surface area contributed by atoms with Crippen LogP contribution in [0.2, 0.25) is 0 Å². The molecule has 0 aliphatic carbocycles. The zero-order chi connectivity index (χ0) is 11.5. The molecule has 1 aromatic heterocycles. The molecule has 4 heteroatoms. The minimum absolute atomic E-state index is 0.354. The highest BCUT2D eigenvalue weighted by Gasteiger charge is 2.13. The van der Waals surface area contributed by atoms with Crippen LogP contribution in [0.1, 0.15) is 16.5 Å². The van der Waals surface area contributed by atoms with Crippen molar-refractivity contribution in [2.75, 3.05) is 0 Å². The number of hydrogen-bond acceptors (Lipinski definition) is 2. The topological polar surface area (TPSA) is 20.2 Å². The molecule has 0 spiro atoms. The maximum atomic E-state index is 13.4. The van der Waals surface area contributed by atoms with E-state index in [-0.39, 0.29) is 5.82 Å². The van der Waals surface area contributed by atoms with Crippen molar-refractivity contribution >= 4 is 27.3 Å². The Morgan fingerprint density at radius 2 is 2.00 bits per heavy atom. The van der Waals surface area contributed by atoms with Gasteiger partial charge in [-0.25, -0.2) is 4.39 Å². The minimum atomic E-state index is -0.785. The lowest BCUT2D eigenvalue weighted by Crippen LogP contribution is -2.02. The summed E-state index contributed by atoms with van der Waals surface area (Å²) < 4.78 is 14.4. The van der Waals surface area contributed by atoms with E-state index in [1.807, 2.05) is 12.1 Å². The predicted molar refractivity (Wildman–Crippen MR) is 67.1 cm³/mol. The molecule has 0 radical (unpaired) electrons. The Labute approximate surface area is 106 Å². The molecule has 0 aliphatic rings. The van der Waals surface area contributed by atoms with Gasteiger partial charge in [0.05, 0.1) is 9.89 Å². The Bertz CT molecular complexity index is 483. The van der Waals surface area contributed by atoms with Crippen molar-refractivity contribution in [2.45, 2.75) is 12.5 Å². The van der Waals surface area contributed by atoms with Crippen LogP contribution in [0.3, 0.4) is 0 Å². The van der Waals surface area contributed by atoms with Gasteiger partial charge >= 0.3 is 0 Å². The van der Waals surface area contributed by atoms with E-state index >= 15 is 0 Å². The third kappa shape index (κ3) is 2.70. The van der Waals surface area contributed by atoms with E-state index in [0.717, 1.165) is 8.66 Å². The zero-order valence-corrected chi connectivity index (χ0v) is 10.8. The second kappa shape index (κ2) is 5.08. The molecule has 1 N–H and O–H groups in total. The summed E-state index contributed by atoms with van der Waals surface area (Å²) in [7, 11) is 0. The molecule has 1 unspecified atom stereocenters. The standard InChI is InChI=1S/C12H10BrFOS/c13-12-6-5-8(16-12)7-11(15)9-3-1-2-4-10(9)14/h1-6,11,15H,7H2. The first kappa shape index (κ1) is 11.8. The van der Waals surface area contributed by atoms with Crippen LogP contribution < -0.4 is 0 Å². The third-order valence-corrected chi connectivity index (χ3v) is 3.93. The van der Waals surface area contributed by atoms with Crippen LogP contribution in [-0.2, 0) is 6.42 Å². The summed E-state index contributed by atoms with van der Waals surface area (Å²) in [5.74, 6) is -0.356. The lowest BCUT2D eigenvalue weighted by atomic mass is 10.1. The van der Waals surface area contributed by atoms with E-state index in [1.165, 1.54) is 6.07 Å². The molecule has 1 aromatic carbocycles. The predicted octanol–water partition coefficient (Wildman–Crippen LogP) is 3.93. The zero-order valence-electron chi connectivity index (χ0n) is 8.36. The number of thiophene rings is 1. The van der Waals surface area contributed by atoms with Crippen molar-refractivity contribution < 1.29 is 9.50 Å². The van der Waals surface area contributed by atoms with E-state index in [0.29, 0.717) is 12.0 Å². The van der Waals surface area contributed by atoms with E-state index < -0.39 is 6.10 Å². The molecule has 0 fully saturated rings. The molecule has 1 nitrogen and oxygen atoms in total. The molecule has 1 heterocycles. The Morgan fingerprint density at radius 1 is 1.25 bits per heavy atom. The minimum Gasteiger partial charge on any atom is -0.388 e. The highest BCUT2D eigenvalue weighted by molar-refractivity contribution is 9.11. The summed E-state index contributed by atoms with van der Waals surface area (Å²) in [6.45, 7) is 0. The SMILES string of the molecule is OC(Cc1ccc(Br)s1)c1ccccc1F. The highest BCUT2D eigenvalue weighted by Crippen LogP contribution is 2.27. The Balaban J connectivity index is 2.14. The number of hydrogen-bond donors (Lipinski definition) is 1. The normalized spacial score (nSPS) is 12.7. The van der Waals surface area contributed by atoms with Crippen molar-refractivity contribution in [1.82, 2.24) is 0 Å². The molecule has 2 rings (SSSR count). The third-order valence-electron chi connectivity index (χ3n) is 2.29. The van der Waals surface area contributed by atoms with Gasteiger partial charge in [-0.1, -0.05) is 18.2 Å². The van der Waals surface area contributed by atoms with Gasteiger partial charge in [-0.05, 0) is 34.1 Å². The van der Waals surface area contributed by atoms with E-state index in [4.69, 9.17) is 0 Å². The fourth-order valence-corrected chi connectivity index (χ4v) is 3.03. The maximum absolute atomic E-state index is 13.4. The van der Waals surface area contributed by atoms with Gasteiger partial charge in [0.15, 0.2) is 0 Å². The molecule has 0 amide bonds. The maximum Gasteiger partial charge on any atom is 0.129 e. The summed E-state index contributed by atoms with van der Waals surface area (Å²) in [5.41, 5.74) is 0.354. The van der Waals surface area contributed by atoms with Gasteiger partial charge < -0.3 is 5.11 Å². The summed E-state index contributed by atoms with van der Waals surface area (Å²) >= 11 is 4.91. The molecular formula is C12H10BrFOS. The first-order chi connectivity index (χ1) is 7.66. The molecule has 16 heavy (non-hydrogen) atoms. The van der Waals surface area contributed by atoms with Gasteiger partial charge in [0.2, 0.25) is 0 Å². The summed E-state index contributed by atoms with van der Waals surface area (Å²) in [4.78, 5) is 1.03. The van der Waals surface area contributed by atoms with Crippen LogP contribution in [0.5, 0.6) is 0 Å². The number of aliphatic hydroxyl groups is 1. The average Bonchev–Trinajstić information content (AvgIpc) is 2.64. The van der Waals surface area contributed by atoms with Gasteiger partial charge in [-0.3, -0.25) is 0 Å². The summed E-state index contributed by atoms with van der Waals surface area (Å²) in [5, 5.41) is 9.92. The number of rotatable bonds is 3. The first-order valence-corrected chi connectivity index (χ1v) is 6.44. The molecule has 0 saturated carbocycles. The molecule has 0 aliphatic heterocycles. The van der Waals surface area contributed by atoms with Gasteiger partial charge in [-0.2, -0.15) is 0 Å². The van der Waals surface area contributed by atoms with Crippen LogP contribution in [0.25, 0.3) is 0 Å². The Hall–Kier alpha value is -0.710. The molecule has 2 aromatic rings. The second-order valence-corrected chi connectivity index (χ2v) is 5.99. The number of aliphatic hydroxyl groups excluding tert-OH is 1. The van der Waals surface area contributed by atoms with Gasteiger partial charge in [-0.15, -0.1) is 11.3 Å². The second-order valence-electron chi connectivity index (χ2n) is 3.45. The lowest BCUT2D eigenvalue weighted by molar-refractivity contribution is 0.174. The monoisotopic (exact) mass is 300 g/mol. The first-order valence-electron chi connectivity index (χ1n) is 4.83. The van der Waals surface area contributed by atoms with Crippen molar-refractivity contribution in [3.63, 3.8) is 0 Å². The molecule has 1 atom stereocenters. The molecule has 0 saturated heterocycles. The number of halogens is 2. The van der Waals surface area contributed by atoms with Crippen LogP contribution >= 0.6 is 27.3 Å². The fraction of sp³-hybridized carbons (Fsp3) is 0.167. The van der Waals surface area contributed by atoms with Crippen molar-refractivity contribution in [3.05, 3.63) is 56.4 Å². The molecule has 84 valence electrons. The smallest absolute Gasteiger partial charge is 0.129 e. The highest BCUT2D eigenvalue weighted by atomic mass is 79.9. The number of benzene rings is 1. The van der Waals surface area contributed by atoms with Gasteiger partial charge in [0.1, 0.15) is 5.82 Å². The fourth-order valence-electron chi connectivity index (χ4n) is 1.51. The van der Waals surface area contributed by atoms with Crippen LogP contribution in [0, 0.1) is 5.82 Å². The largest absolute Gasteiger partial charge is 0.388 e. The van der Waals surface area contributed by atoms with Crippen molar-refractivity contribution in [1.29, 1.82) is 0 Å². The van der Waals surface area contributed by atoms with Crippen molar-refractivity contribution in [3.8, 4) is 0 Å². The Kier molecular flexibility index (Phi) is 3.74. The van der Waals surface area contributed by atoms with E-state index in [2.05, 4.69) is 15.9 Å². The van der Waals surface area contributed by atoms with Crippen LogP contribution in [-0.4, -0.2) is 5.11 Å². The van der Waals surface area contributed by atoms with Gasteiger partial charge in [0.25, 0.3) is 0 Å². The lowest BCUT2D eigenvalue weighted by Gasteiger charge is -2.10. The summed E-state index contributed by atoms with van der Waals surface area (Å²) in [6, 6.07) is 10.2. The van der Waals surface area contributed by atoms with Crippen LogP contribution in [0.15, 0.2) is 40.2 Å².